The molecule has 0 saturated heterocycles. The van der Waals surface area contributed by atoms with Crippen molar-refractivity contribution in [2.24, 2.45) is 0 Å². The Balaban J connectivity index is 1.37. The number of amides is 1. The third-order valence-corrected chi connectivity index (χ3v) is 6.01. The van der Waals surface area contributed by atoms with Gasteiger partial charge in [-0.25, -0.2) is 4.98 Å². The summed E-state index contributed by atoms with van der Waals surface area (Å²) in [5, 5.41) is 3.62. The monoisotopic (exact) mass is 491 g/mol. The number of aromatic nitrogens is 2. The standard InChI is InChI=1S/C28H30ClN3O3/c1-3-21-9-13-23(14-10-21)34-18-6-17-32-26-8-5-4-7-25(26)31-28(32)20(2)30-27(33)19-35-24-15-11-22(29)12-16-24/h4-5,7-16,20H,3,6,17-19H2,1-2H3,(H,30,33). The van der Waals surface area contributed by atoms with Crippen LogP contribution < -0.4 is 14.8 Å². The van der Waals surface area contributed by atoms with Gasteiger partial charge in [-0.3, -0.25) is 4.79 Å². The number of carbonyl (C=O) groups excluding carboxylic acids is 1. The second-order valence-electron chi connectivity index (χ2n) is 8.34. The first-order valence-corrected chi connectivity index (χ1v) is 12.3. The van der Waals surface area contributed by atoms with Crippen LogP contribution in [0.25, 0.3) is 11.0 Å². The first-order chi connectivity index (χ1) is 17.0. The Hall–Kier alpha value is -3.51. The van der Waals surface area contributed by atoms with Crippen LogP contribution in [0.2, 0.25) is 5.02 Å². The van der Waals surface area contributed by atoms with Crippen molar-refractivity contribution in [3.05, 3.63) is 89.2 Å². The van der Waals surface area contributed by atoms with Crippen LogP contribution in [-0.2, 0) is 17.8 Å². The molecule has 4 aromatic rings. The largest absolute Gasteiger partial charge is 0.494 e. The number of aryl methyl sites for hydroxylation is 2. The zero-order chi connectivity index (χ0) is 24.6. The van der Waals surface area contributed by atoms with Gasteiger partial charge in [0, 0.05) is 11.6 Å². The second kappa shape index (κ2) is 11.8. The average Bonchev–Trinajstić information content (AvgIpc) is 3.25. The summed E-state index contributed by atoms with van der Waals surface area (Å²) in [4.78, 5) is 17.3. The van der Waals surface area contributed by atoms with E-state index in [9.17, 15) is 4.79 Å². The molecule has 1 atom stereocenters. The molecule has 0 spiro atoms. The number of imidazole rings is 1. The molecule has 1 heterocycles. The quantitative estimate of drug-likeness (QED) is 0.262. The van der Waals surface area contributed by atoms with E-state index in [1.165, 1.54) is 5.56 Å². The molecule has 0 bridgehead atoms. The molecule has 6 nitrogen and oxygen atoms in total. The molecule has 0 saturated carbocycles. The summed E-state index contributed by atoms with van der Waals surface area (Å²) in [6.45, 7) is 5.30. The van der Waals surface area contributed by atoms with Gasteiger partial charge in [0.1, 0.15) is 17.3 Å². The van der Waals surface area contributed by atoms with Crippen LogP contribution in [0.3, 0.4) is 0 Å². The van der Waals surface area contributed by atoms with Crippen LogP contribution in [0.5, 0.6) is 11.5 Å². The minimum Gasteiger partial charge on any atom is -0.494 e. The van der Waals surface area contributed by atoms with E-state index in [1.54, 1.807) is 24.3 Å². The highest BCUT2D eigenvalue weighted by molar-refractivity contribution is 6.30. The van der Waals surface area contributed by atoms with E-state index in [1.807, 2.05) is 43.3 Å². The Bertz CT molecular complexity index is 1250. The van der Waals surface area contributed by atoms with E-state index in [0.29, 0.717) is 17.4 Å². The lowest BCUT2D eigenvalue weighted by atomic mass is 10.2. The molecule has 0 fully saturated rings. The molecule has 4 rings (SSSR count). The van der Waals surface area contributed by atoms with E-state index in [-0.39, 0.29) is 18.6 Å². The Morgan fingerprint density at radius 2 is 1.69 bits per heavy atom. The van der Waals surface area contributed by atoms with Crippen molar-refractivity contribution in [3.8, 4) is 11.5 Å². The van der Waals surface area contributed by atoms with Gasteiger partial charge in [0.05, 0.1) is 23.7 Å². The Morgan fingerprint density at radius 3 is 2.43 bits per heavy atom. The summed E-state index contributed by atoms with van der Waals surface area (Å²) in [6, 6.07) is 22.9. The molecular weight excluding hydrogens is 462 g/mol. The van der Waals surface area contributed by atoms with Gasteiger partial charge < -0.3 is 19.4 Å². The maximum absolute atomic E-state index is 12.5. The number of hydrogen-bond acceptors (Lipinski definition) is 4. The first-order valence-electron chi connectivity index (χ1n) is 11.9. The molecule has 0 aliphatic rings. The molecule has 182 valence electrons. The lowest BCUT2D eigenvalue weighted by molar-refractivity contribution is -0.123. The summed E-state index contributed by atoms with van der Waals surface area (Å²) >= 11 is 5.90. The zero-order valence-electron chi connectivity index (χ0n) is 20.0. The predicted molar refractivity (Wildman–Crippen MR) is 139 cm³/mol. The number of nitrogens with zero attached hydrogens (tertiary/aromatic N) is 2. The van der Waals surface area contributed by atoms with Crippen molar-refractivity contribution in [1.82, 2.24) is 14.9 Å². The smallest absolute Gasteiger partial charge is 0.258 e. The molecule has 35 heavy (non-hydrogen) atoms. The van der Waals surface area contributed by atoms with Gasteiger partial charge in [0.2, 0.25) is 0 Å². The highest BCUT2D eigenvalue weighted by atomic mass is 35.5. The Morgan fingerprint density at radius 1 is 1.00 bits per heavy atom. The molecule has 7 heteroatoms. The first kappa shape index (κ1) is 24.6. The minimum atomic E-state index is -0.286. The average molecular weight is 492 g/mol. The van der Waals surface area contributed by atoms with E-state index in [0.717, 1.165) is 42.0 Å². The van der Waals surface area contributed by atoms with E-state index in [4.69, 9.17) is 26.1 Å². The summed E-state index contributed by atoms with van der Waals surface area (Å²) in [5.41, 5.74) is 3.23. The van der Waals surface area contributed by atoms with Crippen molar-refractivity contribution >= 4 is 28.5 Å². The fourth-order valence-corrected chi connectivity index (χ4v) is 4.05. The Kier molecular flexibility index (Phi) is 8.27. The number of halogens is 1. The van der Waals surface area contributed by atoms with Gasteiger partial charge >= 0.3 is 0 Å². The number of ether oxygens (including phenoxy) is 2. The molecule has 0 aliphatic heterocycles. The van der Waals surface area contributed by atoms with Crippen molar-refractivity contribution in [3.63, 3.8) is 0 Å². The fourth-order valence-electron chi connectivity index (χ4n) is 3.92. The summed E-state index contributed by atoms with van der Waals surface area (Å²) in [6.07, 6.45) is 1.82. The number of rotatable bonds is 11. The molecule has 3 aromatic carbocycles. The lowest BCUT2D eigenvalue weighted by Gasteiger charge is -2.17. The molecule has 0 aliphatic carbocycles. The maximum Gasteiger partial charge on any atom is 0.258 e. The van der Waals surface area contributed by atoms with E-state index in [2.05, 4.69) is 28.9 Å². The summed E-state index contributed by atoms with van der Waals surface area (Å²) < 4.78 is 13.7. The highest BCUT2D eigenvalue weighted by Crippen LogP contribution is 2.22. The molecule has 0 radical (unpaired) electrons. The normalized spacial score (nSPS) is 11.9. The molecule has 1 aromatic heterocycles. The number of para-hydroxylation sites is 2. The third kappa shape index (κ3) is 6.55. The fraction of sp³-hybridized carbons (Fsp3) is 0.286. The van der Waals surface area contributed by atoms with Crippen LogP contribution >= 0.6 is 11.6 Å². The van der Waals surface area contributed by atoms with Gasteiger partial charge in [-0.2, -0.15) is 0 Å². The van der Waals surface area contributed by atoms with Crippen molar-refractivity contribution in [1.29, 1.82) is 0 Å². The SMILES string of the molecule is CCc1ccc(OCCCn2c(C(C)NC(=O)COc3ccc(Cl)cc3)nc3ccccc32)cc1. The van der Waals surface area contributed by atoms with Gasteiger partial charge in [0.15, 0.2) is 6.61 Å². The molecule has 1 N–H and O–H groups in total. The van der Waals surface area contributed by atoms with E-state index >= 15 is 0 Å². The summed E-state index contributed by atoms with van der Waals surface area (Å²) in [5.74, 6) is 2.05. The topological polar surface area (TPSA) is 65.4 Å². The highest BCUT2D eigenvalue weighted by Gasteiger charge is 2.18. The van der Waals surface area contributed by atoms with Gasteiger partial charge in [0.25, 0.3) is 5.91 Å². The molecule has 1 unspecified atom stereocenters. The van der Waals surface area contributed by atoms with E-state index < -0.39 is 0 Å². The van der Waals surface area contributed by atoms with Gasteiger partial charge in [-0.05, 0) is 73.9 Å². The van der Waals surface area contributed by atoms with Crippen molar-refractivity contribution < 1.29 is 14.3 Å². The minimum absolute atomic E-state index is 0.0864. The van der Waals surface area contributed by atoms with Crippen LogP contribution in [0, 0.1) is 0 Å². The molecule has 1 amide bonds. The van der Waals surface area contributed by atoms with Crippen LogP contribution in [0.1, 0.15) is 37.7 Å². The Labute approximate surface area is 210 Å². The number of benzene rings is 3. The zero-order valence-corrected chi connectivity index (χ0v) is 20.8. The lowest BCUT2D eigenvalue weighted by Crippen LogP contribution is -2.32. The van der Waals surface area contributed by atoms with Gasteiger partial charge in [-0.15, -0.1) is 0 Å². The number of hydrogen-bond donors (Lipinski definition) is 1. The van der Waals surface area contributed by atoms with Crippen LogP contribution in [0.15, 0.2) is 72.8 Å². The number of nitrogens with one attached hydrogen (secondary N) is 1. The second-order valence-corrected chi connectivity index (χ2v) is 8.78. The number of fused-ring (bicyclic) bond motifs is 1. The van der Waals surface area contributed by atoms with Crippen molar-refractivity contribution in [2.75, 3.05) is 13.2 Å². The van der Waals surface area contributed by atoms with Crippen LogP contribution in [0.4, 0.5) is 0 Å². The maximum atomic E-state index is 12.5. The van der Waals surface area contributed by atoms with Crippen molar-refractivity contribution in [2.45, 2.75) is 39.3 Å². The third-order valence-electron chi connectivity index (χ3n) is 5.76. The van der Waals surface area contributed by atoms with Crippen LogP contribution in [-0.4, -0.2) is 28.7 Å². The number of carbonyl (C=O) groups is 1. The molecular formula is C28H30ClN3O3. The van der Waals surface area contributed by atoms with Gasteiger partial charge in [-0.1, -0.05) is 42.8 Å². The predicted octanol–water partition coefficient (Wildman–Crippen LogP) is 5.98. The summed E-state index contributed by atoms with van der Waals surface area (Å²) in [7, 11) is 0.